The first-order valence-electron chi connectivity index (χ1n) is 4.11. The van der Waals surface area contributed by atoms with E-state index >= 15 is 0 Å². The monoisotopic (exact) mass is 238 g/mol. The van der Waals surface area contributed by atoms with Crippen molar-refractivity contribution in [3.63, 3.8) is 0 Å². The Hall–Kier alpha value is -0.540. The SMILES string of the molecule is COC(=O)CCC/C(Cl)=C\C(=O)CCl. The van der Waals surface area contributed by atoms with Gasteiger partial charge in [-0.3, -0.25) is 9.59 Å². The lowest BCUT2D eigenvalue weighted by Gasteiger charge is -1.98. The lowest BCUT2D eigenvalue weighted by Crippen LogP contribution is -1.99. The third kappa shape index (κ3) is 6.92. The number of hydrogen-bond donors (Lipinski definition) is 0. The van der Waals surface area contributed by atoms with Crippen LogP contribution in [0, 0.1) is 0 Å². The van der Waals surface area contributed by atoms with Gasteiger partial charge < -0.3 is 4.74 Å². The molecule has 0 spiro atoms. The molecule has 0 heterocycles. The minimum atomic E-state index is -0.280. The molecule has 0 atom stereocenters. The van der Waals surface area contributed by atoms with Gasteiger partial charge in [-0.2, -0.15) is 0 Å². The summed E-state index contributed by atoms with van der Waals surface area (Å²) < 4.78 is 4.44. The molecule has 0 saturated carbocycles. The summed E-state index contributed by atoms with van der Waals surface area (Å²) in [5.41, 5.74) is 0. The fourth-order valence-electron chi connectivity index (χ4n) is 0.789. The lowest BCUT2D eigenvalue weighted by molar-refractivity contribution is -0.140. The van der Waals surface area contributed by atoms with E-state index in [4.69, 9.17) is 23.2 Å². The van der Waals surface area contributed by atoms with Gasteiger partial charge in [-0.25, -0.2) is 0 Å². The predicted molar refractivity (Wildman–Crippen MR) is 55.5 cm³/mol. The molecule has 5 heteroatoms. The smallest absolute Gasteiger partial charge is 0.305 e. The van der Waals surface area contributed by atoms with Gasteiger partial charge in [0.25, 0.3) is 0 Å². The van der Waals surface area contributed by atoms with Gasteiger partial charge >= 0.3 is 5.97 Å². The quantitative estimate of drug-likeness (QED) is 0.405. The van der Waals surface area contributed by atoms with Crippen LogP contribution >= 0.6 is 23.2 Å². The van der Waals surface area contributed by atoms with Crippen LogP contribution in [0.2, 0.25) is 0 Å². The number of ketones is 1. The number of carbonyl (C=O) groups is 2. The summed E-state index contributed by atoms with van der Waals surface area (Å²) in [5, 5.41) is 0.416. The van der Waals surface area contributed by atoms with Crippen molar-refractivity contribution in [1.82, 2.24) is 0 Å². The van der Waals surface area contributed by atoms with Crippen LogP contribution < -0.4 is 0 Å². The van der Waals surface area contributed by atoms with Crippen LogP contribution in [-0.2, 0) is 14.3 Å². The average Bonchev–Trinajstić information content (AvgIpc) is 2.17. The summed E-state index contributed by atoms with van der Waals surface area (Å²) in [4.78, 5) is 21.5. The van der Waals surface area contributed by atoms with Crippen molar-refractivity contribution in [1.29, 1.82) is 0 Å². The van der Waals surface area contributed by atoms with Crippen molar-refractivity contribution < 1.29 is 14.3 Å². The van der Waals surface area contributed by atoms with E-state index in [1.165, 1.54) is 13.2 Å². The van der Waals surface area contributed by atoms with Crippen LogP contribution in [0.3, 0.4) is 0 Å². The Balaban J connectivity index is 3.73. The molecule has 0 aliphatic heterocycles. The summed E-state index contributed by atoms with van der Waals surface area (Å²) in [7, 11) is 1.33. The Morgan fingerprint density at radius 3 is 2.50 bits per heavy atom. The summed E-state index contributed by atoms with van der Waals surface area (Å²) >= 11 is 11.0. The van der Waals surface area contributed by atoms with Crippen LogP contribution in [0.15, 0.2) is 11.1 Å². The topological polar surface area (TPSA) is 43.4 Å². The van der Waals surface area contributed by atoms with Crippen molar-refractivity contribution in [3.05, 3.63) is 11.1 Å². The first kappa shape index (κ1) is 13.5. The second-order valence-corrected chi connectivity index (χ2v) is 3.37. The third-order valence-corrected chi connectivity index (χ3v) is 2.03. The van der Waals surface area contributed by atoms with E-state index in [9.17, 15) is 9.59 Å². The highest BCUT2D eigenvalue weighted by Crippen LogP contribution is 2.12. The van der Waals surface area contributed by atoms with Crippen LogP contribution in [-0.4, -0.2) is 24.7 Å². The maximum atomic E-state index is 10.8. The van der Waals surface area contributed by atoms with E-state index in [0.29, 0.717) is 24.3 Å². The summed E-state index contributed by atoms with van der Waals surface area (Å²) in [6.07, 6.45) is 2.64. The van der Waals surface area contributed by atoms with E-state index in [0.717, 1.165) is 0 Å². The fourth-order valence-corrected chi connectivity index (χ4v) is 1.12. The van der Waals surface area contributed by atoms with Gasteiger partial charge in [-0.15, -0.1) is 11.6 Å². The van der Waals surface area contributed by atoms with E-state index in [1.54, 1.807) is 0 Å². The predicted octanol–water partition coefficient (Wildman–Crippen LogP) is 2.26. The number of ether oxygens (including phenoxy) is 1. The Morgan fingerprint density at radius 2 is 2.00 bits per heavy atom. The molecule has 0 N–H and O–H groups in total. The zero-order valence-corrected chi connectivity index (χ0v) is 9.40. The van der Waals surface area contributed by atoms with Gasteiger partial charge in [0.05, 0.1) is 13.0 Å². The molecule has 0 bridgehead atoms. The maximum absolute atomic E-state index is 10.8. The van der Waals surface area contributed by atoms with Crippen molar-refractivity contribution in [2.45, 2.75) is 19.3 Å². The highest BCUT2D eigenvalue weighted by atomic mass is 35.5. The Labute approximate surface area is 93.0 Å². The molecule has 0 aromatic carbocycles. The fraction of sp³-hybridized carbons (Fsp3) is 0.556. The molecule has 0 rings (SSSR count). The number of allylic oxidation sites excluding steroid dienone is 2. The molecule has 0 fully saturated rings. The van der Waals surface area contributed by atoms with Gasteiger partial charge in [0.1, 0.15) is 0 Å². The van der Waals surface area contributed by atoms with Crippen LogP contribution in [0.25, 0.3) is 0 Å². The molecule has 0 radical (unpaired) electrons. The molecule has 0 aliphatic carbocycles. The van der Waals surface area contributed by atoms with Gasteiger partial charge in [-0.05, 0) is 18.9 Å². The summed E-state index contributed by atoms with van der Waals surface area (Å²) in [6, 6.07) is 0. The number of halogens is 2. The number of methoxy groups -OCH3 is 1. The minimum Gasteiger partial charge on any atom is -0.469 e. The summed E-state index contributed by atoms with van der Waals surface area (Å²) in [6.45, 7) is 0. The van der Waals surface area contributed by atoms with Gasteiger partial charge in [0.2, 0.25) is 0 Å². The maximum Gasteiger partial charge on any atom is 0.305 e. The molecule has 0 unspecified atom stereocenters. The van der Waals surface area contributed by atoms with Gasteiger partial charge in [0.15, 0.2) is 5.78 Å². The third-order valence-electron chi connectivity index (χ3n) is 1.47. The number of alkyl halides is 1. The molecule has 80 valence electrons. The van der Waals surface area contributed by atoms with Crippen molar-refractivity contribution in [2.24, 2.45) is 0 Å². The molecular formula is C9H12Cl2O3. The molecule has 0 aromatic heterocycles. The van der Waals surface area contributed by atoms with Gasteiger partial charge in [-0.1, -0.05) is 11.6 Å². The molecule has 0 aliphatic rings. The zero-order chi connectivity index (χ0) is 11.0. The van der Waals surface area contributed by atoms with Gasteiger partial charge in [0, 0.05) is 11.5 Å². The molecular weight excluding hydrogens is 227 g/mol. The normalized spacial score (nSPS) is 11.2. The first-order chi connectivity index (χ1) is 6.60. The largest absolute Gasteiger partial charge is 0.469 e. The molecule has 14 heavy (non-hydrogen) atoms. The number of hydrogen-bond acceptors (Lipinski definition) is 3. The van der Waals surface area contributed by atoms with Crippen molar-refractivity contribution >= 4 is 35.0 Å². The summed E-state index contributed by atoms with van der Waals surface area (Å²) in [5.74, 6) is -0.583. The Morgan fingerprint density at radius 1 is 1.36 bits per heavy atom. The average molecular weight is 239 g/mol. The Kier molecular flexibility index (Phi) is 7.52. The van der Waals surface area contributed by atoms with Crippen molar-refractivity contribution in [3.8, 4) is 0 Å². The van der Waals surface area contributed by atoms with Crippen LogP contribution in [0.5, 0.6) is 0 Å². The number of esters is 1. The van der Waals surface area contributed by atoms with E-state index in [1.807, 2.05) is 0 Å². The number of rotatable bonds is 6. The molecule has 0 saturated heterocycles. The Bertz CT molecular complexity index is 236. The van der Waals surface area contributed by atoms with E-state index in [2.05, 4.69) is 4.74 Å². The lowest BCUT2D eigenvalue weighted by atomic mass is 10.2. The second-order valence-electron chi connectivity index (χ2n) is 2.62. The second kappa shape index (κ2) is 7.83. The van der Waals surface area contributed by atoms with Crippen LogP contribution in [0.4, 0.5) is 0 Å². The van der Waals surface area contributed by atoms with Crippen molar-refractivity contribution in [2.75, 3.05) is 13.0 Å². The molecule has 0 amide bonds. The standard InChI is InChI=1S/C9H12Cl2O3/c1-14-9(13)4-2-3-7(11)5-8(12)6-10/h5H,2-4,6H2,1H3/b7-5+. The highest BCUT2D eigenvalue weighted by Gasteiger charge is 2.02. The minimum absolute atomic E-state index is 0.0762. The van der Waals surface area contributed by atoms with E-state index in [-0.39, 0.29) is 17.6 Å². The molecule has 0 aromatic rings. The molecule has 3 nitrogen and oxygen atoms in total. The first-order valence-corrected chi connectivity index (χ1v) is 5.03. The highest BCUT2D eigenvalue weighted by molar-refractivity contribution is 6.34. The van der Waals surface area contributed by atoms with Crippen LogP contribution in [0.1, 0.15) is 19.3 Å². The number of carbonyl (C=O) groups excluding carboxylic acids is 2. The zero-order valence-electron chi connectivity index (χ0n) is 7.89. The van der Waals surface area contributed by atoms with E-state index < -0.39 is 0 Å².